The molecule has 0 heterocycles. The van der Waals surface area contributed by atoms with Crippen LogP contribution in [0.4, 0.5) is 0 Å². The fraction of sp³-hybridized carbons (Fsp3) is 0.417. The predicted octanol–water partition coefficient (Wildman–Crippen LogP) is -0.0512. The first-order valence-corrected chi connectivity index (χ1v) is 4.92. The van der Waals surface area contributed by atoms with E-state index in [0.29, 0.717) is 0 Å². The summed E-state index contributed by atoms with van der Waals surface area (Å²) in [6, 6.07) is 11.2. The molecular weight excluding hydrogens is 190 g/mol. The molecule has 0 aliphatic rings. The molecule has 3 nitrogen and oxygen atoms in total. The summed E-state index contributed by atoms with van der Waals surface area (Å²) in [6.07, 6.45) is 0.408. The summed E-state index contributed by atoms with van der Waals surface area (Å²) >= 11 is 0. The molecule has 0 bridgehead atoms. The summed E-state index contributed by atoms with van der Waals surface area (Å²) in [4.78, 5) is 0. The van der Waals surface area contributed by atoms with Gasteiger partial charge in [0, 0.05) is 0 Å². The maximum atomic E-state index is 10.7. The summed E-state index contributed by atoms with van der Waals surface area (Å²) in [5.41, 5.74) is -0.107. The molecule has 0 saturated heterocycles. The largest absolute Gasteiger partial charge is 0.854 e. The Hall–Kier alpha value is -1.37. The number of nitriles is 1. The lowest BCUT2D eigenvalue weighted by Gasteiger charge is -2.30. The quantitative estimate of drug-likeness (QED) is 0.673. The highest BCUT2D eigenvalue weighted by molar-refractivity contribution is 5.32. The second-order valence-electron chi connectivity index (χ2n) is 3.47. The highest BCUT2D eigenvalue weighted by Crippen LogP contribution is 2.29. The summed E-state index contributed by atoms with van der Waals surface area (Å²) in [5.74, 6) is 0. The minimum atomic E-state index is -0.884. The van der Waals surface area contributed by atoms with Crippen LogP contribution in [0.15, 0.2) is 30.3 Å². The Morgan fingerprint density at radius 3 is 2.00 bits per heavy atom. The standard InChI is InChI=1S/C12H13NO2/c13-10-12(6-8-14,7-9-15)11-4-2-1-3-5-11/h1-5H,6-9H2/q-2. The van der Waals surface area contributed by atoms with Gasteiger partial charge in [-0.05, 0) is 18.4 Å². The molecule has 0 saturated carbocycles. The zero-order valence-electron chi connectivity index (χ0n) is 8.48. The molecule has 1 aromatic rings. The first kappa shape index (κ1) is 11.7. The maximum absolute atomic E-state index is 10.7. The average molecular weight is 203 g/mol. The van der Waals surface area contributed by atoms with Crippen molar-refractivity contribution in [2.24, 2.45) is 0 Å². The van der Waals surface area contributed by atoms with Crippen molar-refractivity contribution in [3.63, 3.8) is 0 Å². The van der Waals surface area contributed by atoms with Gasteiger partial charge in [0.1, 0.15) is 0 Å². The molecule has 80 valence electrons. The molecule has 1 aromatic carbocycles. The lowest BCUT2D eigenvalue weighted by atomic mass is 9.76. The highest BCUT2D eigenvalue weighted by Gasteiger charge is 2.28. The van der Waals surface area contributed by atoms with E-state index in [1.807, 2.05) is 18.2 Å². The third-order valence-electron chi connectivity index (χ3n) is 2.60. The first-order valence-electron chi connectivity index (χ1n) is 4.92. The second-order valence-corrected chi connectivity index (χ2v) is 3.47. The van der Waals surface area contributed by atoms with E-state index in [4.69, 9.17) is 5.26 Å². The smallest absolute Gasteiger partial charge is 0.0796 e. The molecule has 0 unspecified atom stereocenters. The normalized spacial score (nSPS) is 11.0. The molecule has 0 aliphatic carbocycles. The average Bonchev–Trinajstić information content (AvgIpc) is 2.30. The summed E-state index contributed by atoms with van der Waals surface area (Å²) in [6.45, 7) is -0.662. The minimum Gasteiger partial charge on any atom is -0.854 e. The van der Waals surface area contributed by atoms with Crippen molar-refractivity contribution in [2.45, 2.75) is 18.3 Å². The van der Waals surface area contributed by atoms with Crippen LogP contribution in [0.1, 0.15) is 18.4 Å². The van der Waals surface area contributed by atoms with Crippen molar-refractivity contribution in [2.75, 3.05) is 13.2 Å². The number of benzene rings is 1. The van der Waals surface area contributed by atoms with Crippen molar-refractivity contribution in [3.8, 4) is 6.07 Å². The predicted molar refractivity (Wildman–Crippen MR) is 52.7 cm³/mol. The Kier molecular flexibility index (Phi) is 4.29. The van der Waals surface area contributed by atoms with Crippen LogP contribution in [0.25, 0.3) is 0 Å². The molecule has 0 aliphatic heterocycles. The van der Waals surface area contributed by atoms with Gasteiger partial charge in [0.15, 0.2) is 0 Å². The van der Waals surface area contributed by atoms with E-state index >= 15 is 0 Å². The van der Waals surface area contributed by atoms with Gasteiger partial charge in [0.05, 0.1) is 11.5 Å². The SMILES string of the molecule is N#CC(CC[O-])(CC[O-])c1ccccc1. The first-order chi connectivity index (χ1) is 7.29. The highest BCUT2D eigenvalue weighted by atomic mass is 16.3. The third-order valence-corrected chi connectivity index (χ3v) is 2.60. The van der Waals surface area contributed by atoms with Crippen LogP contribution in [-0.2, 0) is 5.41 Å². The van der Waals surface area contributed by atoms with E-state index in [1.54, 1.807) is 12.1 Å². The number of hydrogen-bond acceptors (Lipinski definition) is 3. The maximum Gasteiger partial charge on any atom is 0.0796 e. The van der Waals surface area contributed by atoms with Crippen LogP contribution in [0, 0.1) is 11.3 Å². The van der Waals surface area contributed by atoms with Gasteiger partial charge < -0.3 is 10.2 Å². The molecule has 0 atom stereocenters. The molecule has 3 heteroatoms. The van der Waals surface area contributed by atoms with Gasteiger partial charge in [0.2, 0.25) is 0 Å². The third kappa shape index (κ3) is 2.56. The Morgan fingerprint density at radius 2 is 1.60 bits per heavy atom. The molecule has 0 aromatic heterocycles. The van der Waals surface area contributed by atoms with Crippen LogP contribution >= 0.6 is 0 Å². The number of hydrogen-bond donors (Lipinski definition) is 0. The van der Waals surface area contributed by atoms with E-state index in [9.17, 15) is 10.2 Å². The number of rotatable bonds is 5. The van der Waals surface area contributed by atoms with Crippen molar-refractivity contribution in [3.05, 3.63) is 35.9 Å². The molecule has 0 fully saturated rings. The topological polar surface area (TPSA) is 69.9 Å². The van der Waals surface area contributed by atoms with Gasteiger partial charge in [-0.1, -0.05) is 30.3 Å². The lowest BCUT2D eigenvalue weighted by Crippen LogP contribution is -2.32. The zero-order valence-corrected chi connectivity index (χ0v) is 8.48. The van der Waals surface area contributed by atoms with Crippen LogP contribution in [0.3, 0.4) is 0 Å². The molecule has 0 spiro atoms. The molecular formula is C12H13NO2-2. The van der Waals surface area contributed by atoms with E-state index in [1.165, 1.54) is 0 Å². The van der Waals surface area contributed by atoms with Gasteiger partial charge in [-0.15, -0.1) is 13.2 Å². The lowest BCUT2D eigenvalue weighted by molar-refractivity contribution is -0.377. The summed E-state index contributed by atoms with van der Waals surface area (Å²) in [7, 11) is 0. The number of nitrogens with zero attached hydrogens (tertiary/aromatic N) is 1. The fourth-order valence-electron chi connectivity index (χ4n) is 1.70. The van der Waals surface area contributed by atoms with Crippen LogP contribution < -0.4 is 10.2 Å². The zero-order chi connectivity index (χ0) is 11.1. The van der Waals surface area contributed by atoms with Crippen molar-refractivity contribution < 1.29 is 10.2 Å². The minimum absolute atomic E-state index is 0.204. The van der Waals surface area contributed by atoms with E-state index in [2.05, 4.69) is 6.07 Å². The summed E-state index contributed by atoms with van der Waals surface area (Å²) < 4.78 is 0. The second kappa shape index (κ2) is 5.50. The summed E-state index contributed by atoms with van der Waals surface area (Å²) in [5, 5.41) is 30.6. The van der Waals surface area contributed by atoms with E-state index < -0.39 is 5.41 Å². The van der Waals surface area contributed by atoms with Crippen LogP contribution in [-0.4, -0.2) is 13.2 Å². The van der Waals surface area contributed by atoms with Gasteiger partial charge in [0.25, 0.3) is 0 Å². The molecule has 0 radical (unpaired) electrons. The Labute approximate surface area is 89.6 Å². The Balaban J connectivity index is 3.05. The van der Waals surface area contributed by atoms with Gasteiger partial charge in [-0.25, -0.2) is 0 Å². The monoisotopic (exact) mass is 203 g/mol. The van der Waals surface area contributed by atoms with Crippen molar-refractivity contribution in [1.29, 1.82) is 5.26 Å². The van der Waals surface area contributed by atoms with Gasteiger partial charge in [-0.2, -0.15) is 5.26 Å². The Morgan fingerprint density at radius 1 is 1.07 bits per heavy atom. The van der Waals surface area contributed by atoms with Crippen molar-refractivity contribution in [1.82, 2.24) is 0 Å². The Bertz CT molecular complexity index is 323. The molecule has 0 amide bonds. The molecule has 15 heavy (non-hydrogen) atoms. The van der Waals surface area contributed by atoms with Crippen LogP contribution in [0.5, 0.6) is 0 Å². The van der Waals surface area contributed by atoms with Crippen LogP contribution in [0.2, 0.25) is 0 Å². The van der Waals surface area contributed by atoms with E-state index in [-0.39, 0.29) is 26.1 Å². The van der Waals surface area contributed by atoms with E-state index in [0.717, 1.165) is 5.56 Å². The fourth-order valence-corrected chi connectivity index (χ4v) is 1.70. The van der Waals surface area contributed by atoms with Gasteiger partial charge >= 0.3 is 0 Å². The van der Waals surface area contributed by atoms with Crippen molar-refractivity contribution >= 4 is 0 Å². The van der Waals surface area contributed by atoms with Gasteiger partial charge in [-0.3, -0.25) is 0 Å². The molecule has 1 rings (SSSR count). The molecule has 0 N–H and O–H groups in total.